The van der Waals surface area contributed by atoms with Gasteiger partial charge in [0.2, 0.25) is 0 Å². The van der Waals surface area contributed by atoms with Crippen LogP contribution in [0.1, 0.15) is 16.7 Å². The number of para-hydroxylation sites is 3. The smallest absolute Gasteiger partial charge is 0.0998 e. The van der Waals surface area contributed by atoms with Crippen LogP contribution in [0.15, 0.2) is 152 Å². The quantitative estimate of drug-likeness (QED) is 0.193. The van der Waals surface area contributed by atoms with Crippen molar-refractivity contribution in [3.63, 3.8) is 0 Å². The van der Waals surface area contributed by atoms with E-state index in [0.717, 1.165) is 66.5 Å². The predicted molar refractivity (Wildman–Crippen MR) is 200 cm³/mol. The summed E-state index contributed by atoms with van der Waals surface area (Å²) in [7, 11) is 0. The fraction of sp³-hybridized carbons (Fsp3) is 0. The molecule has 5 heteroatoms. The van der Waals surface area contributed by atoms with E-state index in [1.165, 1.54) is 10.8 Å². The van der Waals surface area contributed by atoms with Crippen molar-refractivity contribution in [2.45, 2.75) is 0 Å². The van der Waals surface area contributed by atoms with Gasteiger partial charge in [-0.05, 0) is 77.9 Å². The second-order valence-corrected chi connectivity index (χ2v) is 12.3. The van der Waals surface area contributed by atoms with Crippen LogP contribution < -0.4 is 0 Å². The molecule has 0 saturated carbocycles. The van der Waals surface area contributed by atoms with Crippen molar-refractivity contribution < 1.29 is 0 Å². The molecule has 0 aliphatic rings. The Labute approximate surface area is 287 Å². The summed E-state index contributed by atoms with van der Waals surface area (Å²) in [6.07, 6.45) is 0. The Balaban J connectivity index is 1.28. The van der Waals surface area contributed by atoms with Gasteiger partial charge in [-0.2, -0.15) is 15.8 Å². The molecule has 0 aliphatic heterocycles. The van der Waals surface area contributed by atoms with E-state index in [1.807, 2.05) is 66.7 Å². The predicted octanol–water partition coefficient (Wildman–Crippen LogP) is 10.8. The van der Waals surface area contributed by atoms with Crippen LogP contribution in [0.25, 0.3) is 77.2 Å². The number of hydrogen-bond acceptors (Lipinski definition) is 3. The molecule has 50 heavy (non-hydrogen) atoms. The lowest BCUT2D eigenvalue weighted by Crippen LogP contribution is -2.01. The normalized spacial score (nSPS) is 11.1. The van der Waals surface area contributed by atoms with Crippen LogP contribution in [0.2, 0.25) is 0 Å². The van der Waals surface area contributed by atoms with Crippen LogP contribution >= 0.6 is 0 Å². The molecule has 0 spiro atoms. The van der Waals surface area contributed by atoms with E-state index in [9.17, 15) is 15.8 Å². The van der Waals surface area contributed by atoms with Crippen LogP contribution in [0.3, 0.4) is 0 Å². The number of nitriles is 3. The van der Waals surface area contributed by atoms with Gasteiger partial charge in [0.15, 0.2) is 0 Å². The summed E-state index contributed by atoms with van der Waals surface area (Å²) in [6.45, 7) is 0. The molecule has 0 amide bonds. The van der Waals surface area contributed by atoms with Gasteiger partial charge in [-0.3, -0.25) is 0 Å². The second kappa shape index (κ2) is 11.4. The van der Waals surface area contributed by atoms with Gasteiger partial charge in [-0.1, -0.05) is 84.9 Å². The minimum Gasteiger partial charge on any atom is -0.309 e. The molecule has 0 N–H and O–H groups in total. The first-order valence-corrected chi connectivity index (χ1v) is 16.3. The Morgan fingerprint density at radius 2 is 0.940 bits per heavy atom. The molecule has 2 heterocycles. The third-order valence-corrected chi connectivity index (χ3v) is 9.65. The Morgan fingerprint density at radius 3 is 1.56 bits per heavy atom. The van der Waals surface area contributed by atoms with E-state index in [1.54, 1.807) is 0 Å². The van der Waals surface area contributed by atoms with Gasteiger partial charge in [-0.25, -0.2) is 0 Å². The minimum atomic E-state index is 0.500. The van der Waals surface area contributed by atoms with E-state index in [2.05, 4.69) is 112 Å². The highest BCUT2D eigenvalue weighted by atomic mass is 15.0. The molecule has 7 aromatic carbocycles. The number of fused-ring (bicyclic) bond motifs is 6. The maximum absolute atomic E-state index is 10.5. The number of aromatic nitrogens is 2. The molecule has 0 unspecified atom stereocenters. The molecular weight excluding hydrogens is 611 g/mol. The van der Waals surface area contributed by atoms with E-state index in [4.69, 9.17) is 0 Å². The highest BCUT2D eigenvalue weighted by molar-refractivity contribution is 6.11. The first-order chi connectivity index (χ1) is 24.7. The molecule has 0 aliphatic carbocycles. The van der Waals surface area contributed by atoms with Gasteiger partial charge in [0, 0.05) is 38.4 Å². The average Bonchev–Trinajstić information content (AvgIpc) is 3.70. The third kappa shape index (κ3) is 4.24. The van der Waals surface area contributed by atoms with E-state index in [-0.39, 0.29) is 0 Å². The van der Waals surface area contributed by atoms with Gasteiger partial charge in [-0.15, -0.1) is 0 Å². The van der Waals surface area contributed by atoms with Gasteiger partial charge in [0.1, 0.15) is 0 Å². The third-order valence-electron chi connectivity index (χ3n) is 9.65. The zero-order chi connectivity index (χ0) is 33.8. The van der Waals surface area contributed by atoms with Crippen LogP contribution in [-0.2, 0) is 0 Å². The number of rotatable bonds is 4. The van der Waals surface area contributed by atoms with Crippen LogP contribution in [0.4, 0.5) is 0 Å². The molecule has 0 radical (unpaired) electrons. The van der Waals surface area contributed by atoms with Gasteiger partial charge >= 0.3 is 0 Å². The zero-order valence-corrected chi connectivity index (χ0v) is 26.7. The van der Waals surface area contributed by atoms with Crippen molar-refractivity contribution in [2.75, 3.05) is 0 Å². The first kappa shape index (κ1) is 28.8. The zero-order valence-electron chi connectivity index (χ0n) is 26.7. The molecule has 5 nitrogen and oxygen atoms in total. The van der Waals surface area contributed by atoms with Crippen molar-refractivity contribution in [3.05, 3.63) is 168 Å². The van der Waals surface area contributed by atoms with Gasteiger partial charge < -0.3 is 9.13 Å². The monoisotopic (exact) mass is 635 g/mol. The minimum absolute atomic E-state index is 0.500. The van der Waals surface area contributed by atoms with E-state index >= 15 is 0 Å². The van der Waals surface area contributed by atoms with Crippen molar-refractivity contribution in [1.82, 2.24) is 9.13 Å². The summed E-state index contributed by atoms with van der Waals surface area (Å²) >= 11 is 0. The lowest BCUT2D eigenvalue weighted by Gasteiger charge is -2.19. The summed E-state index contributed by atoms with van der Waals surface area (Å²) in [5, 5.41) is 35.0. The van der Waals surface area contributed by atoms with Crippen LogP contribution in [-0.4, -0.2) is 9.13 Å². The number of nitrogens with zero attached hydrogens (tertiary/aromatic N) is 5. The highest BCUT2D eigenvalue weighted by Crippen LogP contribution is 2.43. The Hall–Kier alpha value is -7.39. The lowest BCUT2D eigenvalue weighted by molar-refractivity contribution is 1.18. The number of hydrogen-bond donors (Lipinski definition) is 0. The van der Waals surface area contributed by atoms with Gasteiger partial charge in [0.25, 0.3) is 0 Å². The van der Waals surface area contributed by atoms with Crippen molar-refractivity contribution in [1.29, 1.82) is 15.8 Å². The summed E-state index contributed by atoms with van der Waals surface area (Å²) in [5.74, 6) is 0. The fourth-order valence-corrected chi connectivity index (χ4v) is 7.55. The molecule has 230 valence electrons. The molecule has 9 aromatic rings. The Kier molecular flexibility index (Phi) is 6.56. The lowest BCUT2D eigenvalue weighted by atomic mass is 9.88. The average molecular weight is 636 g/mol. The molecule has 2 aromatic heterocycles. The molecule has 0 atom stereocenters. The maximum Gasteiger partial charge on any atom is 0.0998 e. The van der Waals surface area contributed by atoms with Gasteiger partial charge in [0.05, 0.1) is 62.7 Å². The van der Waals surface area contributed by atoms with E-state index in [0.29, 0.717) is 16.7 Å². The maximum atomic E-state index is 10.5. The first-order valence-electron chi connectivity index (χ1n) is 16.3. The summed E-state index contributed by atoms with van der Waals surface area (Å²) in [5.41, 5.74) is 10.7. The van der Waals surface area contributed by atoms with Crippen LogP contribution in [0, 0.1) is 34.0 Å². The second-order valence-electron chi connectivity index (χ2n) is 12.3. The SMILES string of the molecule is N#Cc1ccc2c(c1)c1ccccc1n2-c1cccc(C#N)c1-c1cccc(C#N)c1-c1ccc(-n2c3ccccc3c3ccccc32)cc1. The Morgan fingerprint density at radius 1 is 0.400 bits per heavy atom. The van der Waals surface area contributed by atoms with Crippen molar-refractivity contribution in [2.24, 2.45) is 0 Å². The molecule has 9 rings (SSSR count). The van der Waals surface area contributed by atoms with Crippen molar-refractivity contribution >= 4 is 43.6 Å². The molecule has 0 saturated heterocycles. The van der Waals surface area contributed by atoms with Crippen LogP contribution in [0.5, 0.6) is 0 Å². The highest BCUT2D eigenvalue weighted by Gasteiger charge is 2.22. The van der Waals surface area contributed by atoms with E-state index < -0.39 is 0 Å². The number of benzene rings is 7. The topological polar surface area (TPSA) is 81.2 Å². The summed E-state index contributed by atoms with van der Waals surface area (Å²) in [4.78, 5) is 0. The standard InChI is InChI=1S/C45H25N5/c46-26-29-19-24-42-38(25-29)36-13-3-6-17-41(36)50(42)43-18-8-10-32(28-48)45(43)37-14-7-9-31(27-47)44(37)30-20-22-33(23-21-30)49-39-15-4-1-11-34(39)35-12-2-5-16-40(35)49/h1-25H. The fourth-order valence-electron chi connectivity index (χ4n) is 7.55. The van der Waals surface area contributed by atoms with Crippen molar-refractivity contribution in [3.8, 4) is 51.8 Å². The molecule has 0 fully saturated rings. The summed E-state index contributed by atoms with van der Waals surface area (Å²) < 4.78 is 4.44. The molecule has 0 bridgehead atoms. The Bertz CT molecular complexity index is 2900. The molecular formula is C45H25N5. The summed E-state index contributed by atoms with van der Waals surface area (Å²) in [6, 6.07) is 57.6. The largest absolute Gasteiger partial charge is 0.309 e.